The van der Waals surface area contributed by atoms with Gasteiger partial charge in [0, 0.05) is 0 Å². The normalized spacial score (nSPS) is 49.8. The molecule has 0 saturated carbocycles. The molecule has 0 radical (unpaired) electrons. The maximum absolute atomic E-state index is 11.0. The highest BCUT2D eigenvalue weighted by atomic mass is 16.7. The Morgan fingerprint density at radius 2 is 1.62 bits per heavy atom. The Kier molecular flexibility index (Phi) is 6.09. The molecule has 9 N–H and O–H groups in total. The predicted octanol–water partition coefficient (Wildman–Crippen LogP) is -5.34. The van der Waals surface area contributed by atoms with Crippen LogP contribution < -0.4 is 5.73 Å². The molecule has 0 aromatic rings. The molecule has 2 saturated heterocycles. The van der Waals surface area contributed by atoms with Crippen molar-refractivity contribution in [1.29, 1.82) is 0 Å². The standard InChI is InChI=1S/C12H21NO11/c13-3-4(15)8(2(1-14)22-11(3)21)23-12-7(18)5(16)6(17)9(24-12)10(19)20/h2-9,11-12,14-18,21H,1,13H2,(H,19,20)/t2-,3?,4?,5-,6-,7?,8+,9?,11-,12+/m0/s1. The Hall–Kier alpha value is -0.930. The van der Waals surface area contributed by atoms with E-state index in [1.165, 1.54) is 0 Å². The second kappa shape index (κ2) is 7.53. The summed E-state index contributed by atoms with van der Waals surface area (Å²) in [5.74, 6) is -1.60. The van der Waals surface area contributed by atoms with Crippen LogP contribution in [0.1, 0.15) is 0 Å². The van der Waals surface area contributed by atoms with Gasteiger partial charge in [-0.15, -0.1) is 0 Å². The van der Waals surface area contributed by atoms with Gasteiger partial charge in [0.15, 0.2) is 18.7 Å². The molecule has 2 aliphatic heterocycles. The molecule has 2 heterocycles. The third kappa shape index (κ3) is 3.52. The van der Waals surface area contributed by atoms with E-state index in [1.807, 2.05) is 0 Å². The molecule has 24 heavy (non-hydrogen) atoms. The van der Waals surface area contributed by atoms with E-state index in [1.54, 1.807) is 0 Å². The Labute approximate surface area is 135 Å². The van der Waals surface area contributed by atoms with Gasteiger partial charge in [-0.25, -0.2) is 4.79 Å². The maximum Gasteiger partial charge on any atom is 0.335 e. The van der Waals surface area contributed by atoms with Crippen LogP contribution in [0.25, 0.3) is 0 Å². The molecule has 0 aromatic heterocycles. The van der Waals surface area contributed by atoms with Crippen LogP contribution >= 0.6 is 0 Å². The van der Waals surface area contributed by atoms with Crippen molar-refractivity contribution in [3.63, 3.8) is 0 Å². The lowest BCUT2D eigenvalue weighted by Crippen LogP contribution is -2.66. The van der Waals surface area contributed by atoms with Gasteiger partial charge in [0.25, 0.3) is 0 Å². The van der Waals surface area contributed by atoms with Gasteiger partial charge in [0.1, 0.15) is 36.6 Å². The fraction of sp³-hybridized carbons (Fsp3) is 0.917. The molecule has 10 atom stereocenters. The van der Waals surface area contributed by atoms with Gasteiger partial charge in [0.2, 0.25) is 0 Å². The Morgan fingerprint density at radius 1 is 1.00 bits per heavy atom. The zero-order chi connectivity index (χ0) is 18.2. The van der Waals surface area contributed by atoms with E-state index in [0.29, 0.717) is 0 Å². The molecule has 12 heteroatoms. The summed E-state index contributed by atoms with van der Waals surface area (Å²) in [6, 6.07) is -1.30. The van der Waals surface area contributed by atoms with E-state index in [9.17, 15) is 35.4 Å². The maximum atomic E-state index is 11.0. The highest BCUT2D eigenvalue weighted by Gasteiger charge is 2.51. The average Bonchev–Trinajstić information content (AvgIpc) is 2.54. The molecule has 140 valence electrons. The number of carboxylic acids is 1. The Morgan fingerprint density at radius 3 is 2.17 bits per heavy atom. The van der Waals surface area contributed by atoms with Crippen LogP contribution in [-0.4, -0.2) is 110 Å². The minimum absolute atomic E-state index is 0.693. The van der Waals surface area contributed by atoms with E-state index < -0.39 is 73.9 Å². The van der Waals surface area contributed by atoms with Gasteiger partial charge in [-0.1, -0.05) is 0 Å². The summed E-state index contributed by atoms with van der Waals surface area (Å²) >= 11 is 0. The molecule has 0 bridgehead atoms. The first-order valence-electron chi connectivity index (χ1n) is 7.15. The number of aliphatic carboxylic acids is 1. The van der Waals surface area contributed by atoms with Crippen molar-refractivity contribution in [1.82, 2.24) is 0 Å². The summed E-state index contributed by atoms with van der Waals surface area (Å²) in [6.07, 6.45) is -15.1. The number of nitrogens with two attached hydrogens (primary N) is 1. The number of hydrogen-bond acceptors (Lipinski definition) is 11. The molecular formula is C12H21NO11. The van der Waals surface area contributed by atoms with Gasteiger partial charge >= 0.3 is 5.97 Å². The summed E-state index contributed by atoms with van der Waals surface area (Å²) in [4.78, 5) is 11.0. The number of carbonyl (C=O) groups is 1. The number of carboxylic acid groups (broad SMARTS) is 1. The number of aliphatic hydroxyl groups is 6. The highest BCUT2D eigenvalue weighted by molar-refractivity contribution is 5.73. The van der Waals surface area contributed by atoms with Crippen LogP contribution in [-0.2, 0) is 19.0 Å². The van der Waals surface area contributed by atoms with Crippen LogP contribution in [0.3, 0.4) is 0 Å². The molecule has 12 nitrogen and oxygen atoms in total. The molecule has 4 unspecified atom stereocenters. The second-order valence-corrected chi connectivity index (χ2v) is 5.65. The van der Waals surface area contributed by atoms with Gasteiger partial charge in [-0.05, 0) is 0 Å². The van der Waals surface area contributed by atoms with Gasteiger partial charge in [-0.2, -0.15) is 0 Å². The third-order valence-corrected chi connectivity index (χ3v) is 4.03. The molecule has 0 aliphatic carbocycles. The average molecular weight is 355 g/mol. The number of hydrogen-bond donors (Lipinski definition) is 8. The first-order valence-corrected chi connectivity index (χ1v) is 7.15. The van der Waals surface area contributed by atoms with Crippen LogP contribution in [0.2, 0.25) is 0 Å². The lowest BCUT2D eigenvalue weighted by molar-refractivity contribution is -0.339. The predicted molar refractivity (Wildman–Crippen MR) is 71.1 cm³/mol. The SMILES string of the molecule is NC1C(O)[C@H](O[C@@H]2OC(C(=O)O)[C@@H](O)[C@H](O)C2O)[C@H](CO)O[C@@H]1O. The lowest BCUT2D eigenvalue weighted by atomic mass is 9.96. The smallest absolute Gasteiger partial charge is 0.335 e. The van der Waals surface area contributed by atoms with Crippen molar-refractivity contribution in [3.8, 4) is 0 Å². The minimum Gasteiger partial charge on any atom is -0.479 e. The van der Waals surface area contributed by atoms with E-state index in [4.69, 9.17) is 25.1 Å². The quantitative estimate of drug-likeness (QED) is 0.237. The largest absolute Gasteiger partial charge is 0.479 e. The second-order valence-electron chi connectivity index (χ2n) is 5.65. The number of rotatable bonds is 4. The molecule has 2 rings (SSSR count). The van der Waals surface area contributed by atoms with Crippen LogP contribution in [0, 0.1) is 0 Å². The Bertz CT molecular complexity index is 449. The summed E-state index contributed by atoms with van der Waals surface area (Å²) in [5.41, 5.74) is 5.52. The van der Waals surface area contributed by atoms with Gasteiger partial charge in [-0.3, -0.25) is 0 Å². The molecule has 2 fully saturated rings. The zero-order valence-electron chi connectivity index (χ0n) is 12.3. The monoisotopic (exact) mass is 355 g/mol. The highest BCUT2D eigenvalue weighted by Crippen LogP contribution is 2.28. The fourth-order valence-electron chi connectivity index (χ4n) is 2.59. The molecule has 0 spiro atoms. The summed E-state index contributed by atoms with van der Waals surface area (Å²) < 4.78 is 15.1. The molecule has 2 aliphatic rings. The van der Waals surface area contributed by atoms with E-state index in [-0.39, 0.29) is 0 Å². The van der Waals surface area contributed by atoms with Crippen molar-refractivity contribution in [2.45, 2.75) is 61.3 Å². The van der Waals surface area contributed by atoms with Crippen LogP contribution in [0.4, 0.5) is 0 Å². The topological polar surface area (TPSA) is 212 Å². The van der Waals surface area contributed by atoms with E-state index in [0.717, 1.165) is 0 Å². The van der Waals surface area contributed by atoms with Gasteiger partial charge in [0.05, 0.1) is 12.6 Å². The molecule has 0 amide bonds. The number of ether oxygens (including phenoxy) is 3. The van der Waals surface area contributed by atoms with Crippen LogP contribution in [0.15, 0.2) is 0 Å². The number of aliphatic hydroxyl groups excluding tert-OH is 6. The van der Waals surface area contributed by atoms with E-state index in [2.05, 4.69) is 0 Å². The lowest BCUT2D eigenvalue weighted by Gasteiger charge is -2.45. The van der Waals surface area contributed by atoms with E-state index >= 15 is 0 Å². The van der Waals surface area contributed by atoms with Crippen molar-refractivity contribution in [2.24, 2.45) is 5.73 Å². The molecular weight excluding hydrogens is 334 g/mol. The molecule has 0 aromatic carbocycles. The Balaban J connectivity index is 2.16. The first kappa shape index (κ1) is 19.4. The first-order chi connectivity index (χ1) is 11.2. The van der Waals surface area contributed by atoms with Crippen molar-refractivity contribution >= 4 is 5.97 Å². The summed E-state index contributed by atoms with van der Waals surface area (Å²) in [7, 11) is 0. The van der Waals surface area contributed by atoms with Crippen molar-refractivity contribution < 1.29 is 54.8 Å². The van der Waals surface area contributed by atoms with Crippen LogP contribution in [0.5, 0.6) is 0 Å². The summed E-state index contributed by atoms with van der Waals surface area (Å²) in [6.45, 7) is -0.693. The summed E-state index contributed by atoms with van der Waals surface area (Å²) in [5, 5.41) is 67.0. The van der Waals surface area contributed by atoms with Crippen molar-refractivity contribution in [3.05, 3.63) is 0 Å². The van der Waals surface area contributed by atoms with Crippen molar-refractivity contribution in [2.75, 3.05) is 6.61 Å². The minimum atomic E-state index is -1.90. The third-order valence-electron chi connectivity index (χ3n) is 4.03. The zero-order valence-corrected chi connectivity index (χ0v) is 12.3. The fourth-order valence-corrected chi connectivity index (χ4v) is 2.59. The van der Waals surface area contributed by atoms with Gasteiger partial charge < -0.3 is 55.7 Å².